The molecule has 0 aromatic carbocycles. The molecule has 0 saturated carbocycles. The van der Waals surface area contributed by atoms with Gasteiger partial charge in [-0.2, -0.15) is 13.2 Å². The first-order chi connectivity index (χ1) is 2.94. The summed E-state index contributed by atoms with van der Waals surface area (Å²) in [5.74, 6) is -2.76. The quantitative estimate of drug-likeness (QED) is 0.491. The van der Waals surface area contributed by atoms with Crippen LogP contribution >= 0.6 is 0 Å². The van der Waals surface area contributed by atoms with Gasteiger partial charge in [0.15, 0.2) is 0 Å². The number of halogens is 3. The molecule has 8 heteroatoms. The summed E-state index contributed by atoms with van der Waals surface area (Å²) in [7, 11) is 0. The van der Waals surface area contributed by atoms with E-state index in [0.29, 0.717) is 0 Å². The molecule has 0 bridgehead atoms. The van der Waals surface area contributed by atoms with E-state index in [1.54, 1.807) is 0 Å². The van der Waals surface area contributed by atoms with E-state index in [-0.39, 0.29) is 106 Å². The number of carboxylic acid groups (broad SMARTS) is 1. The first-order valence-corrected chi connectivity index (χ1v) is 1.24. The SMILES string of the molecule is O=C(O)C(F)(F)F.[BaH2].[Cu].[Gd]. The Morgan fingerprint density at radius 1 is 1.30 bits per heavy atom. The van der Waals surface area contributed by atoms with Crippen molar-refractivity contribution >= 4 is 54.9 Å². The third-order valence-corrected chi connectivity index (χ3v) is 0.243. The molecule has 0 heterocycles. The Balaban J connectivity index is -0.0000000600. The van der Waals surface area contributed by atoms with Crippen molar-refractivity contribution in [3.63, 3.8) is 0 Å². The number of hydrogen-bond acceptors (Lipinski definition) is 1. The van der Waals surface area contributed by atoms with Crippen molar-refractivity contribution < 1.29 is 80.1 Å². The van der Waals surface area contributed by atoms with Gasteiger partial charge in [-0.15, -0.1) is 0 Å². The minimum absolute atomic E-state index is 0. The fourth-order valence-electron chi connectivity index (χ4n) is 0. The average molecular weight is 474 g/mol. The van der Waals surface area contributed by atoms with Crippen molar-refractivity contribution in [3.05, 3.63) is 0 Å². The van der Waals surface area contributed by atoms with Crippen molar-refractivity contribution in [2.24, 2.45) is 0 Å². The second-order valence-electron chi connectivity index (χ2n) is 0.803. The van der Waals surface area contributed by atoms with Gasteiger partial charge in [0.2, 0.25) is 0 Å². The Labute approximate surface area is 138 Å². The van der Waals surface area contributed by atoms with E-state index in [4.69, 9.17) is 9.90 Å². The van der Waals surface area contributed by atoms with Gasteiger partial charge in [0.05, 0.1) is 0 Å². The van der Waals surface area contributed by atoms with Crippen LogP contribution in [0.15, 0.2) is 0 Å². The molecule has 0 amide bonds. The number of rotatable bonds is 0. The third-order valence-electron chi connectivity index (χ3n) is 0.243. The zero-order valence-electron chi connectivity index (χ0n) is 3.64. The largest absolute Gasteiger partial charge is 0 e. The van der Waals surface area contributed by atoms with E-state index in [0.717, 1.165) is 0 Å². The number of hydrogen-bond donors (Lipinski definition) is 1. The summed E-state index contributed by atoms with van der Waals surface area (Å²) in [5, 5.41) is 7.12. The zero-order valence-corrected chi connectivity index (χ0v) is 6.85. The summed E-state index contributed by atoms with van der Waals surface area (Å²) in [5.41, 5.74) is 0. The predicted octanol–water partition coefficient (Wildman–Crippen LogP) is -0.285. The Bertz CT molecular complexity index is 97.0. The molecule has 0 unspecified atom stereocenters. The maximum atomic E-state index is 10.6. The number of carbonyl (C=O) groups is 1. The second-order valence-corrected chi connectivity index (χ2v) is 0.803. The number of alkyl halides is 3. The first kappa shape index (κ1) is 23.0. The molecule has 0 aromatic rings. The van der Waals surface area contributed by atoms with E-state index in [1.807, 2.05) is 0 Å². The van der Waals surface area contributed by atoms with Crippen molar-refractivity contribution in [2.45, 2.75) is 6.18 Å². The van der Waals surface area contributed by atoms with Gasteiger partial charge in [-0.3, -0.25) is 0 Å². The maximum absolute atomic E-state index is 10.6. The molecule has 65 valence electrons. The van der Waals surface area contributed by atoms with Crippen LogP contribution in [-0.4, -0.2) is 66.1 Å². The molecule has 0 spiro atoms. The van der Waals surface area contributed by atoms with E-state index in [9.17, 15) is 13.2 Å². The van der Waals surface area contributed by atoms with Gasteiger partial charge in [-0.1, -0.05) is 0 Å². The molecular formula is C2H3BaCuF3GdO2. The summed E-state index contributed by atoms with van der Waals surface area (Å²) in [6.07, 6.45) is -5.08. The summed E-state index contributed by atoms with van der Waals surface area (Å²) in [4.78, 5) is 8.90. The predicted molar refractivity (Wildman–Crippen MR) is 22.2 cm³/mol. The molecule has 1 radical (unpaired) electrons. The molecule has 0 atom stereocenters. The fraction of sp³-hybridized carbons (Fsp3) is 0.500. The summed E-state index contributed by atoms with van der Waals surface area (Å²) in [6.45, 7) is 0. The minimum Gasteiger partial charge on any atom is 0 e. The molecule has 0 fully saturated rings. The number of aliphatic carboxylic acids is 1. The zero-order chi connectivity index (χ0) is 6.08. The minimum atomic E-state index is -5.08. The molecule has 0 rings (SSSR count). The molecule has 0 aliphatic carbocycles. The molecule has 0 aromatic heterocycles. The first-order valence-electron chi connectivity index (χ1n) is 1.24. The molecule has 0 aliphatic heterocycles. The molecule has 1 N–H and O–H groups in total. The van der Waals surface area contributed by atoms with Gasteiger partial charge in [0, 0.05) is 57.0 Å². The topological polar surface area (TPSA) is 37.3 Å². The summed E-state index contributed by atoms with van der Waals surface area (Å²) in [6, 6.07) is 0. The van der Waals surface area contributed by atoms with Crippen LogP contribution in [0.5, 0.6) is 0 Å². The normalized spacial score (nSPS) is 7.90. The Morgan fingerprint density at radius 2 is 1.40 bits per heavy atom. The van der Waals surface area contributed by atoms with Gasteiger partial charge >= 0.3 is 61.0 Å². The van der Waals surface area contributed by atoms with Crippen LogP contribution in [0, 0.1) is 39.9 Å². The molecule has 0 aliphatic rings. The monoisotopic (exact) mass is 475 g/mol. The van der Waals surface area contributed by atoms with Crippen LogP contribution < -0.4 is 0 Å². The molecule has 0 saturated heterocycles. The Morgan fingerprint density at radius 3 is 1.40 bits per heavy atom. The summed E-state index contributed by atoms with van der Waals surface area (Å²) >= 11 is 0. The summed E-state index contributed by atoms with van der Waals surface area (Å²) < 4.78 is 31.7. The third kappa shape index (κ3) is 13.3. The van der Waals surface area contributed by atoms with Gasteiger partial charge in [-0.05, 0) is 0 Å². The van der Waals surface area contributed by atoms with Crippen LogP contribution in [-0.2, 0) is 21.9 Å². The average Bonchev–Trinajstić information content (AvgIpc) is 1.31. The van der Waals surface area contributed by atoms with Gasteiger partial charge < -0.3 is 5.11 Å². The number of carboxylic acids is 1. The van der Waals surface area contributed by atoms with E-state index in [1.165, 1.54) is 0 Å². The van der Waals surface area contributed by atoms with Gasteiger partial charge in [0.1, 0.15) is 0 Å². The molecular weight excluding hydrogens is 471 g/mol. The second kappa shape index (κ2) is 9.76. The van der Waals surface area contributed by atoms with E-state index in [2.05, 4.69) is 0 Å². The van der Waals surface area contributed by atoms with Crippen molar-refractivity contribution in [1.29, 1.82) is 0 Å². The van der Waals surface area contributed by atoms with E-state index < -0.39 is 12.1 Å². The van der Waals surface area contributed by atoms with E-state index >= 15 is 0 Å². The van der Waals surface area contributed by atoms with Crippen LogP contribution in [0.3, 0.4) is 0 Å². The smallest absolute Gasteiger partial charge is 0 e. The fourth-order valence-corrected chi connectivity index (χ4v) is 0. The van der Waals surface area contributed by atoms with Crippen LogP contribution in [0.25, 0.3) is 0 Å². The van der Waals surface area contributed by atoms with Crippen LogP contribution in [0.1, 0.15) is 0 Å². The van der Waals surface area contributed by atoms with Gasteiger partial charge in [0.25, 0.3) is 0 Å². The molecule has 10 heavy (non-hydrogen) atoms. The van der Waals surface area contributed by atoms with Gasteiger partial charge in [-0.25, -0.2) is 4.79 Å². The van der Waals surface area contributed by atoms with Crippen molar-refractivity contribution in [1.82, 2.24) is 0 Å². The van der Waals surface area contributed by atoms with Crippen molar-refractivity contribution in [3.8, 4) is 0 Å². The maximum Gasteiger partial charge on any atom is 0 e. The van der Waals surface area contributed by atoms with Crippen molar-refractivity contribution in [2.75, 3.05) is 0 Å². The standard InChI is InChI=1S/C2HF3O2.Ba.Cu.Gd.2H/c3-2(4,5)1(6)7;;;;;/h(H,6,7);;;;;. The Kier molecular flexibility index (Phi) is 22.4. The molecule has 2 nitrogen and oxygen atoms in total. The van der Waals surface area contributed by atoms with Crippen LogP contribution in [0.2, 0.25) is 0 Å². The Hall–Kier alpha value is 2.68. The van der Waals surface area contributed by atoms with Crippen LogP contribution in [0.4, 0.5) is 13.2 Å².